The number of carbonyl (C=O) groups is 1. The molecular formula is C20H23N5O3S. The molecule has 1 N–H and O–H groups in total. The Kier molecular flexibility index (Phi) is 4.87. The number of anilines is 1. The lowest BCUT2D eigenvalue weighted by Gasteiger charge is -2.18. The smallest absolute Gasteiger partial charge is 0.196 e. The van der Waals surface area contributed by atoms with Crippen molar-refractivity contribution in [2.75, 3.05) is 44.5 Å². The molecule has 29 heavy (non-hydrogen) atoms. The summed E-state index contributed by atoms with van der Waals surface area (Å²) in [6.07, 6.45) is 4.48. The summed E-state index contributed by atoms with van der Waals surface area (Å²) in [5.74, 6) is -0.108. The lowest BCUT2D eigenvalue weighted by molar-refractivity contribution is 0.104. The third-order valence-corrected chi connectivity index (χ3v) is 5.96. The van der Waals surface area contributed by atoms with E-state index in [-0.39, 0.29) is 18.1 Å². The van der Waals surface area contributed by atoms with E-state index < -0.39 is 9.84 Å². The summed E-state index contributed by atoms with van der Waals surface area (Å²) in [6, 6.07) is 5.47. The van der Waals surface area contributed by atoms with Crippen LogP contribution in [0.4, 0.5) is 5.69 Å². The molecule has 0 bridgehead atoms. The first kappa shape index (κ1) is 19.5. The fourth-order valence-corrected chi connectivity index (χ4v) is 4.07. The number of aromatic nitrogens is 3. The van der Waals surface area contributed by atoms with E-state index in [9.17, 15) is 13.2 Å². The molecule has 0 aliphatic heterocycles. The monoisotopic (exact) mass is 413 g/mol. The zero-order chi connectivity index (χ0) is 20.8. The van der Waals surface area contributed by atoms with Crippen molar-refractivity contribution in [1.82, 2.24) is 19.7 Å². The Hall–Kier alpha value is -2.78. The van der Waals surface area contributed by atoms with E-state index in [1.807, 2.05) is 30.9 Å². The molecule has 0 spiro atoms. The van der Waals surface area contributed by atoms with E-state index in [2.05, 4.69) is 15.2 Å². The number of nitrogens with one attached hydrogen (secondary N) is 1. The highest BCUT2D eigenvalue weighted by Gasteiger charge is 2.31. The van der Waals surface area contributed by atoms with Crippen molar-refractivity contribution < 1.29 is 13.2 Å². The molecule has 0 atom stereocenters. The van der Waals surface area contributed by atoms with Gasteiger partial charge >= 0.3 is 0 Å². The van der Waals surface area contributed by atoms with E-state index in [0.29, 0.717) is 23.4 Å². The summed E-state index contributed by atoms with van der Waals surface area (Å²) >= 11 is 0. The standard InChI is InChI=1S/C20H23N5O3S/c1-24(2)9-10-25-16-5-4-15(22-8-11-29(3,27)28)17-18(16)19(23-25)14-12-21-7-6-13(14)20(17)26/h4-7,12,22H,8-11H2,1-3H3. The van der Waals surface area contributed by atoms with Crippen LogP contribution in [0.3, 0.4) is 0 Å². The van der Waals surface area contributed by atoms with Crippen molar-refractivity contribution in [1.29, 1.82) is 0 Å². The highest BCUT2D eigenvalue weighted by Crippen LogP contribution is 2.41. The molecule has 152 valence electrons. The summed E-state index contributed by atoms with van der Waals surface area (Å²) < 4.78 is 24.9. The number of likely N-dealkylation sites (N-methyl/N-ethyl adjacent to an activating group) is 1. The number of hydrogen-bond donors (Lipinski definition) is 1. The van der Waals surface area contributed by atoms with E-state index in [4.69, 9.17) is 5.10 Å². The second-order valence-corrected chi connectivity index (χ2v) is 9.82. The molecule has 2 aromatic heterocycles. The number of benzene rings is 1. The highest BCUT2D eigenvalue weighted by atomic mass is 32.2. The summed E-state index contributed by atoms with van der Waals surface area (Å²) in [6.45, 7) is 1.74. The second-order valence-electron chi connectivity index (χ2n) is 7.56. The van der Waals surface area contributed by atoms with Crippen LogP contribution in [-0.4, -0.2) is 73.1 Å². The first-order valence-corrected chi connectivity index (χ1v) is 11.4. The van der Waals surface area contributed by atoms with Crippen LogP contribution in [0.1, 0.15) is 15.9 Å². The van der Waals surface area contributed by atoms with Crippen molar-refractivity contribution in [2.45, 2.75) is 6.54 Å². The van der Waals surface area contributed by atoms with Crippen molar-refractivity contribution in [3.05, 3.63) is 41.7 Å². The first-order chi connectivity index (χ1) is 13.8. The molecule has 0 saturated carbocycles. The van der Waals surface area contributed by atoms with Crippen LogP contribution in [0.2, 0.25) is 0 Å². The van der Waals surface area contributed by atoms with Gasteiger partial charge in [0.25, 0.3) is 0 Å². The van der Waals surface area contributed by atoms with E-state index in [1.54, 1.807) is 18.5 Å². The molecule has 0 unspecified atom stereocenters. The third kappa shape index (κ3) is 3.63. The fourth-order valence-electron chi connectivity index (χ4n) is 3.59. The summed E-state index contributed by atoms with van der Waals surface area (Å²) in [4.78, 5) is 19.6. The van der Waals surface area contributed by atoms with Crippen LogP contribution in [0.15, 0.2) is 30.6 Å². The Morgan fingerprint density at radius 3 is 2.69 bits per heavy atom. The normalized spacial score (nSPS) is 13.2. The molecule has 0 amide bonds. The number of ketones is 1. The maximum Gasteiger partial charge on any atom is 0.196 e. The van der Waals surface area contributed by atoms with Crippen molar-refractivity contribution in [2.24, 2.45) is 0 Å². The molecule has 3 aromatic rings. The number of hydrogen-bond acceptors (Lipinski definition) is 7. The van der Waals surface area contributed by atoms with Gasteiger partial charge in [-0.2, -0.15) is 5.10 Å². The highest BCUT2D eigenvalue weighted by molar-refractivity contribution is 7.90. The van der Waals surface area contributed by atoms with Gasteiger partial charge in [0, 0.05) is 53.9 Å². The van der Waals surface area contributed by atoms with Gasteiger partial charge in [-0.1, -0.05) is 0 Å². The molecule has 8 nitrogen and oxygen atoms in total. The van der Waals surface area contributed by atoms with Crippen LogP contribution < -0.4 is 5.32 Å². The lowest BCUT2D eigenvalue weighted by atomic mass is 9.87. The molecular weight excluding hydrogens is 390 g/mol. The minimum atomic E-state index is -3.10. The maximum absolute atomic E-state index is 13.3. The Labute approximate surface area is 169 Å². The van der Waals surface area contributed by atoms with Crippen molar-refractivity contribution in [3.8, 4) is 11.3 Å². The summed E-state index contributed by atoms with van der Waals surface area (Å²) in [5, 5.41) is 8.73. The van der Waals surface area contributed by atoms with Gasteiger partial charge in [-0.3, -0.25) is 14.5 Å². The van der Waals surface area contributed by atoms with Crippen molar-refractivity contribution >= 4 is 32.2 Å². The van der Waals surface area contributed by atoms with Gasteiger partial charge in [-0.25, -0.2) is 8.42 Å². The third-order valence-electron chi connectivity index (χ3n) is 5.01. The predicted octanol–water partition coefficient (Wildman–Crippen LogP) is 1.66. The minimum absolute atomic E-state index is 0.00583. The second kappa shape index (κ2) is 7.23. The number of carbonyl (C=O) groups excluding carboxylic acids is 1. The zero-order valence-electron chi connectivity index (χ0n) is 16.6. The van der Waals surface area contributed by atoms with Gasteiger partial charge < -0.3 is 10.2 Å². The molecule has 0 fully saturated rings. The van der Waals surface area contributed by atoms with Gasteiger partial charge in [0.05, 0.1) is 23.4 Å². The number of pyridine rings is 1. The lowest BCUT2D eigenvalue weighted by Crippen LogP contribution is -2.19. The van der Waals surface area contributed by atoms with Gasteiger partial charge in [-0.15, -0.1) is 0 Å². The quantitative estimate of drug-likeness (QED) is 0.492. The molecule has 9 heteroatoms. The van der Waals surface area contributed by atoms with Gasteiger partial charge in [0.1, 0.15) is 15.5 Å². The molecule has 1 aliphatic carbocycles. The Morgan fingerprint density at radius 2 is 1.97 bits per heavy atom. The maximum atomic E-state index is 13.3. The van der Waals surface area contributed by atoms with E-state index >= 15 is 0 Å². The molecule has 1 aromatic carbocycles. The SMILES string of the molecule is CN(C)CCn1nc2c3c(c(NCCS(C)(=O)=O)ccc31)C(=O)c1ccncc1-2. The molecule has 0 radical (unpaired) electrons. The van der Waals surface area contributed by atoms with E-state index in [0.717, 1.165) is 28.7 Å². The molecule has 1 aliphatic rings. The summed E-state index contributed by atoms with van der Waals surface area (Å²) in [5.41, 5.74) is 4.08. The van der Waals surface area contributed by atoms with E-state index in [1.165, 1.54) is 6.26 Å². The zero-order valence-corrected chi connectivity index (χ0v) is 17.5. The summed E-state index contributed by atoms with van der Waals surface area (Å²) in [7, 11) is 0.904. The molecule has 0 saturated heterocycles. The van der Waals surface area contributed by atoms with Crippen LogP contribution >= 0.6 is 0 Å². The average molecular weight is 414 g/mol. The number of nitrogens with zero attached hydrogens (tertiary/aromatic N) is 4. The Bertz CT molecular complexity index is 1210. The Morgan fingerprint density at radius 1 is 1.17 bits per heavy atom. The fraction of sp³-hybridized carbons (Fsp3) is 0.350. The largest absolute Gasteiger partial charge is 0.383 e. The molecule has 2 heterocycles. The average Bonchev–Trinajstić information content (AvgIpc) is 3.03. The first-order valence-electron chi connectivity index (χ1n) is 9.35. The Balaban J connectivity index is 1.86. The number of sulfone groups is 1. The van der Waals surface area contributed by atoms with Gasteiger partial charge in [-0.05, 0) is 32.3 Å². The van der Waals surface area contributed by atoms with Crippen LogP contribution in [-0.2, 0) is 16.4 Å². The topological polar surface area (TPSA) is 97.2 Å². The number of rotatable bonds is 7. The molecule has 4 rings (SSSR count). The predicted molar refractivity (Wildman–Crippen MR) is 113 cm³/mol. The minimum Gasteiger partial charge on any atom is -0.383 e. The van der Waals surface area contributed by atoms with Crippen LogP contribution in [0.5, 0.6) is 0 Å². The van der Waals surface area contributed by atoms with Crippen molar-refractivity contribution in [3.63, 3.8) is 0 Å². The van der Waals surface area contributed by atoms with Gasteiger partial charge in [0.2, 0.25) is 0 Å². The van der Waals surface area contributed by atoms with Crippen LogP contribution in [0, 0.1) is 0 Å². The van der Waals surface area contributed by atoms with Gasteiger partial charge in [0.15, 0.2) is 5.78 Å². The number of fused-ring (bicyclic) bond motifs is 2. The van der Waals surface area contributed by atoms with Crippen LogP contribution in [0.25, 0.3) is 22.2 Å².